The lowest BCUT2D eigenvalue weighted by atomic mass is 10.0. The quantitative estimate of drug-likeness (QED) is 0.888. The summed E-state index contributed by atoms with van der Waals surface area (Å²) in [5, 5.41) is 0.697. The number of ether oxygens (including phenoxy) is 1. The molecule has 0 aliphatic heterocycles. The van der Waals surface area contributed by atoms with Crippen molar-refractivity contribution in [3.05, 3.63) is 65.2 Å². The number of benzene rings is 2. The van der Waals surface area contributed by atoms with Crippen molar-refractivity contribution in [2.24, 2.45) is 5.73 Å². The molecular formula is C16H18ClNO. The van der Waals surface area contributed by atoms with Gasteiger partial charge in [-0.3, -0.25) is 0 Å². The van der Waals surface area contributed by atoms with E-state index in [1.807, 2.05) is 54.6 Å². The van der Waals surface area contributed by atoms with E-state index in [9.17, 15) is 0 Å². The number of hydrogen-bond donors (Lipinski definition) is 1. The zero-order chi connectivity index (χ0) is 13.7. The number of halogens is 1. The average molecular weight is 276 g/mol. The smallest absolute Gasteiger partial charge is 0.139 e. The van der Waals surface area contributed by atoms with Gasteiger partial charge in [0, 0.05) is 11.1 Å². The fourth-order valence-electron chi connectivity index (χ4n) is 1.95. The molecule has 0 amide bonds. The Hall–Kier alpha value is -1.51. The maximum atomic E-state index is 6.18. The first-order chi connectivity index (χ1) is 9.20. The van der Waals surface area contributed by atoms with Crippen LogP contribution in [0.3, 0.4) is 0 Å². The van der Waals surface area contributed by atoms with E-state index in [-0.39, 0.29) is 12.1 Å². The molecule has 0 spiro atoms. The minimum absolute atomic E-state index is 0.0707. The van der Waals surface area contributed by atoms with Crippen molar-refractivity contribution in [1.29, 1.82) is 0 Å². The lowest BCUT2D eigenvalue weighted by Crippen LogP contribution is -2.31. The Labute approximate surface area is 119 Å². The topological polar surface area (TPSA) is 35.2 Å². The number of para-hydroxylation sites is 1. The number of rotatable bonds is 5. The molecule has 0 bridgehead atoms. The third-order valence-corrected chi connectivity index (χ3v) is 3.28. The summed E-state index contributed by atoms with van der Waals surface area (Å²) in [5.41, 5.74) is 7.18. The van der Waals surface area contributed by atoms with E-state index in [2.05, 4.69) is 6.92 Å². The molecule has 0 radical (unpaired) electrons. The van der Waals surface area contributed by atoms with E-state index in [4.69, 9.17) is 22.1 Å². The minimum Gasteiger partial charge on any atom is -0.484 e. The van der Waals surface area contributed by atoms with Crippen LogP contribution in [0.5, 0.6) is 5.75 Å². The molecule has 0 heterocycles. The summed E-state index contributed by atoms with van der Waals surface area (Å²) in [4.78, 5) is 0. The van der Waals surface area contributed by atoms with Crippen molar-refractivity contribution in [2.75, 3.05) is 0 Å². The Kier molecular flexibility index (Phi) is 4.83. The van der Waals surface area contributed by atoms with Gasteiger partial charge >= 0.3 is 0 Å². The van der Waals surface area contributed by atoms with E-state index >= 15 is 0 Å². The fourth-order valence-corrected chi connectivity index (χ4v) is 2.14. The van der Waals surface area contributed by atoms with Crippen LogP contribution in [0.25, 0.3) is 0 Å². The molecule has 0 aromatic heterocycles. The Morgan fingerprint density at radius 3 is 2.47 bits per heavy atom. The van der Waals surface area contributed by atoms with Gasteiger partial charge in [-0.1, -0.05) is 48.9 Å². The van der Waals surface area contributed by atoms with Crippen molar-refractivity contribution < 1.29 is 4.74 Å². The summed E-state index contributed by atoms with van der Waals surface area (Å²) in [6.07, 6.45) is 0.649. The van der Waals surface area contributed by atoms with Gasteiger partial charge in [0.15, 0.2) is 0 Å². The van der Waals surface area contributed by atoms with Crippen LogP contribution < -0.4 is 10.5 Å². The monoisotopic (exact) mass is 275 g/mol. The summed E-state index contributed by atoms with van der Waals surface area (Å²) in [6.45, 7) is 2.05. The van der Waals surface area contributed by atoms with Gasteiger partial charge in [-0.25, -0.2) is 0 Å². The highest BCUT2D eigenvalue weighted by atomic mass is 35.5. The first kappa shape index (κ1) is 13.9. The highest BCUT2D eigenvalue weighted by Crippen LogP contribution is 2.27. The van der Waals surface area contributed by atoms with Crippen molar-refractivity contribution in [2.45, 2.75) is 25.5 Å². The van der Waals surface area contributed by atoms with Gasteiger partial charge in [-0.05, 0) is 36.2 Å². The average Bonchev–Trinajstić information content (AvgIpc) is 2.45. The zero-order valence-corrected chi connectivity index (χ0v) is 11.7. The van der Waals surface area contributed by atoms with Crippen LogP contribution in [0, 0.1) is 0 Å². The number of hydrogen-bond acceptors (Lipinski definition) is 2. The first-order valence-corrected chi connectivity index (χ1v) is 6.81. The zero-order valence-electron chi connectivity index (χ0n) is 10.9. The van der Waals surface area contributed by atoms with Crippen LogP contribution in [-0.4, -0.2) is 6.04 Å². The Bertz CT molecular complexity index is 515. The van der Waals surface area contributed by atoms with E-state index in [0.717, 1.165) is 17.7 Å². The molecule has 2 aromatic rings. The predicted molar refractivity (Wildman–Crippen MR) is 79.5 cm³/mol. The normalized spacial score (nSPS) is 13.8. The van der Waals surface area contributed by atoms with Gasteiger partial charge in [0.2, 0.25) is 0 Å². The lowest BCUT2D eigenvalue weighted by Gasteiger charge is -2.25. The largest absolute Gasteiger partial charge is 0.484 e. The van der Waals surface area contributed by atoms with Gasteiger partial charge < -0.3 is 10.5 Å². The summed E-state index contributed by atoms with van der Waals surface area (Å²) in [6, 6.07) is 17.3. The first-order valence-electron chi connectivity index (χ1n) is 6.43. The molecule has 19 heavy (non-hydrogen) atoms. The fraction of sp³-hybridized carbons (Fsp3) is 0.250. The van der Waals surface area contributed by atoms with Crippen LogP contribution in [0.15, 0.2) is 54.6 Å². The highest BCUT2D eigenvalue weighted by Gasteiger charge is 2.20. The molecule has 0 fully saturated rings. The third-order valence-electron chi connectivity index (χ3n) is 3.04. The molecule has 0 saturated carbocycles. The molecule has 0 aliphatic carbocycles. The second-order valence-corrected chi connectivity index (χ2v) is 4.92. The predicted octanol–water partition coefficient (Wildman–Crippen LogP) is 4.20. The number of nitrogens with two attached hydrogens (primary N) is 1. The minimum atomic E-state index is -0.189. The third kappa shape index (κ3) is 3.72. The van der Waals surface area contributed by atoms with Gasteiger partial charge in [0.25, 0.3) is 0 Å². The molecular weight excluding hydrogens is 258 g/mol. The Balaban J connectivity index is 2.26. The molecule has 2 nitrogen and oxygen atoms in total. The molecule has 2 atom stereocenters. The Morgan fingerprint density at radius 1 is 1.11 bits per heavy atom. The van der Waals surface area contributed by atoms with Gasteiger partial charge in [0.05, 0.1) is 0 Å². The second-order valence-electron chi connectivity index (χ2n) is 4.48. The molecule has 2 aromatic carbocycles. The molecule has 2 N–H and O–H groups in total. The SMILES string of the molecule is CCC(N)C(Oc1ccccc1)c1cccc(Cl)c1. The lowest BCUT2D eigenvalue weighted by molar-refractivity contribution is 0.171. The summed E-state index contributed by atoms with van der Waals surface area (Å²) < 4.78 is 6.02. The molecule has 3 heteroatoms. The van der Waals surface area contributed by atoms with Crippen LogP contribution >= 0.6 is 11.6 Å². The standard InChI is InChI=1S/C16H18ClNO/c1-2-15(18)16(12-7-6-8-13(17)11-12)19-14-9-4-3-5-10-14/h3-11,15-16H,2,18H2,1H3. The van der Waals surface area contributed by atoms with Crippen molar-refractivity contribution in [1.82, 2.24) is 0 Å². The van der Waals surface area contributed by atoms with Gasteiger partial charge in [-0.15, -0.1) is 0 Å². The van der Waals surface area contributed by atoms with Crippen molar-refractivity contribution in [3.63, 3.8) is 0 Å². The highest BCUT2D eigenvalue weighted by molar-refractivity contribution is 6.30. The van der Waals surface area contributed by atoms with Crippen LogP contribution in [-0.2, 0) is 0 Å². The maximum Gasteiger partial charge on any atom is 0.139 e. The van der Waals surface area contributed by atoms with Crippen molar-refractivity contribution >= 4 is 11.6 Å². The maximum absolute atomic E-state index is 6.18. The van der Waals surface area contributed by atoms with Crippen molar-refractivity contribution in [3.8, 4) is 5.75 Å². The van der Waals surface area contributed by atoms with E-state index in [0.29, 0.717) is 5.02 Å². The van der Waals surface area contributed by atoms with Gasteiger partial charge in [0.1, 0.15) is 11.9 Å². The Morgan fingerprint density at radius 2 is 1.84 bits per heavy atom. The van der Waals surface area contributed by atoms with E-state index in [1.165, 1.54) is 0 Å². The second kappa shape index (κ2) is 6.60. The molecule has 100 valence electrons. The van der Waals surface area contributed by atoms with E-state index in [1.54, 1.807) is 0 Å². The molecule has 2 unspecified atom stereocenters. The summed E-state index contributed by atoms with van der Waals surface area (Å²) in [5.74, 6) is 0.816. The van der Waals surface area contributed by atoms with E-state index < -0.39 is 0 Å². The van der Waals surface area contributed by atoms with Crippen LogP contribution in [0.1, 0.15) is 25.0 Å². The molecule has 2 rings (SSSR count). The van der Waals surface area contributed by atoms with Crippen LogP contribution in [0.4, 0.5) is 0 Å². The molecule has 0 saturated heterocycles. The summed E-state index contributed by atoms with van der Waals surface area (Å²) in [7, 11) is 0. The summed E-state index contributed by atoms with van der Waals surface area (Å²) >= 11 is 6.04. The molecule has 0 aliphatic rings. The van der Waals surface area contributed by atoms with Crippen LogP contribution in [0.2, 0.25) is 5.02 Å². The van der Waals surface area contributed by atoms with Gasteiger partial charge in [-0.2, -0.15) is 0 Å².